The summed E-state index contributed by atoms with van der Waals surface area (Å²) in [6.07, 6.45) is 0. The maximum atomic E-state index is 13.0. The quantitative estimate of drug-likeness (QED) is 0.691. The number of fused-ring (bicyclic) bond motifs is 1. The van der Waals surface area contributed by atoms with Crippen LogP contribution in [0.5, 0.6) is 0 Å². The number of aliphatic hydroxyl groups is 1. The van der Waals surface area contributed by atoms with E-state index in [2.05, 4.69) is 11.3 Å². The van der Waals surface area contributed by atoms with Crippen LogP contribution in [0.25, 0.3) is 0 Å². The Labute approximate surface area is 139 Å². The summed E-state index contributed by atoms with van der Waals surface area (Å²) in [6, 6.07) is 16.3. The molecule has 0 saturated heterocycles. The van der Waals surface area contributed by atoms with Crippen molar-refractivity contribution in [3.05, 3.63) is 77.9 Å². The molecule has 0 fully saturated rings. The average molecular weight is 323 g/mol. The molecule has 3 rings (SSSR count). The molecular formula is C19H17NO4. The van der Waals surface area contributed by atoms with Gasteiger partial charge in [0, 0.05) is 5.56 Å². The maximum Gasteiger partial charge on any atom is 0.336 e. The molecule has 1 N–H and O–H groups in total. The highest BCUT2D eigenvalue weighted by Crippen LogP contribution is 2.44. The lowest BCUT2D eigenvalue weighted by atomic mass is 9.88. The Morgan fingerprint density at radius 3 is 2.46 bits per heavy atom. The van der Waals surface area contributed by atoms with Gasteiger partial charge in [-0.1, -0.05) is 55.1 Å². The van der Waals surface area contributed by atoms with E-state index in [0.717, 1.165) is 5.56 Å². The monoisotopic (exact) mass is 323 g/mol. The summed E-state index contributed by atoms with van der Waals surface area (Å²) >= 11 is 0. The number of methoxy groups -OCH3 is 1. The SMILES string of the molecule is C=C(C(=O)OC)C1(O)C(=O)N(Cc2ccccc2)c2ccccc21. The van der Waals surface area contributed by atoms with Crippen molar-refractivity contribution in [2.75, 3.05) is 12.0 Å². The second-order valence-electron chi connectivity index (χ2n) is 5.57. The molecule has 5 nitrogen and oxygen atoms in total. The number of para-hydroxylation sites is 1. The van der Waals surface area contributed by atoms with Crippen LogP contribution in [0.2, 0.25) is 0 Å². The summed E-state index contributed by atoms with van der Waals surface area (Å²) in [4.78, 5) is 26.3. The van der Waals surface area contributed by atoms with Crippen LogP contribution >= 0.6 is 0 Å². The molecule has 1 aliphatic rings. The van der Waals surface area contributed by atoms with Gasteiger partial charge < -0.3 is 14.7 Å². The first-order valence-corrected chi connectivity index (χ1v) is 7.45. The zero-order chi connectivity index (χ0) is 17.3. The molecule has 24 heavy (non-hydrogen) atoms. The van der Waals surface area contributed by atoms with Crippen molar-refractivity contribution in [3.63, 3.8) is 0 Å². The maximum absolute atomic E-state index is 13.0. The second-order valence-corrected chi connectivity index (χ2v) is 5.57. The standard InChI is InChI=1S/C19H17NO4/c1-13(17(21)24-2)19(23)15-10-6-7-11-16(15)20(18(19)22)12-14-8-4-3-5-9-14/h3-11,23H,1,12H2,2H3. The van der Waals surface area contributed by atoms with Gasteiger partial charge in [0.2, 0.25) is 5.60 Å². The van der Waals surface area contributed by atoms with Crippen molar-refractivity contribution in [3.8, 4) is 0 Å². The van der Waals surface area contributed by atoms with Crippen molar-refractivity contribution in [1.29, 1.82) is 0 Å². The number of anilines is 1. The molecule has 1 unspecified atom stereocenters. The number of esters is 1. The highest BCUT2D eigenvalue weighted by Gasteiger charge is 2.53. The summed E-state index contributed by atoms with van der Waals surface area (Å²) in [6.45, 7) is 3.88. The third-order valence-corrected chi connectivity index (χ3v) is 4.19. The third-order valence-electron chi connectivity index (χ3n) is 4.19. The van der Waals surface area contributed by atoms with Gasteiger partial charge in [-0.2, -0.15) is 0 Å². The first kappa shape index (κ1) is 16.0. The summed E-state index contributed by atoms with van der Waals surface area (Å²) in [5.74, 6) is -1.43. The Morgan fingerprint density at radius 2 is 1.79 bits per heavy atom. The molecule has 1 aliphatic heterocycles. The van der Waals surface area contributed by atoms with Gasteiger partial charge in [0.15, 0.2) is 0 Å². The summed E-state index contributed by atoms with van der Waals surface area (Å²) < 4.78 is 4.64. The molecule has 2 aromatic rings. The number of carbonyl (C=O) groups is 2. The van der Waals surface area contributed by atoms with E-state index >= 15 is 0 Å². The molecule has 122 valence electrons. The highest BCUT2D eigenvalue weighted by molar-refractivity contribution is 6.13. The number of hydrogen-bond donors (Lipinski definition) is 1. The van der Waals surface area contributed by atoms with Crippen LogP contribution in [0.4, 0.5) is 5.69 Å². The Kier molecular flexibility index (Phi) is 3.95. The molecule has 1 heterocycles. The number of carbonyl (C=O) groups excluding carboxylic acids is 2. The summed E-state index contributed by atoms with van der Waals surface area (Å²) in [5.41, 5.74) is -0.606. The van der Waals surface area contributed by atoms with Crippen LogP contribution in [0.1, 0.15) is 11.1 Å². The largest absolute Gasteiger partial charge is 0.466 e. The average Bonchev–Trinajstić information content (AvgIpc) is 2.84. The normalized spacial score (nSPS) is 19.1. The first-order chi connectivity index (χ1) is 11.5. The topological polar surface area (TPSA) is 66.8 Å². The molecule has 0 saturated carbocycles. The minimum Gasteiger partial charge on any atom is -0.466 e. The van der Waals surface area contributed by atoms with Gasteiger partial charge >= 0.3 is 5.97 Å². The van der Waals surface area contributed by atoms with E-state index in [-0.39, 0.29) is 12.1 Å². The zero-order valence-electron chi connectivity index (χ0n) is 13.2. The van der Waals surface area contributed by atoms with Crippen molar-refractivity contribution >= 4 is 17.6 Å². The van der Waals surface area contributed by atoms with Crippen molar-refractivity contribution in [2.24, 2.45) is 0 Å². The number of nitrogens with zero attached hydrogens (tertiary/aromatic N) is 1. The van der Waals surface area contributed by atoms with Gasteiger partial charge in [0.25, 0.3) is 5.91 Å². The van der Waals surface area contributed by atoms with E-state index in [1.807, 2.05) is 30.3 Å². The van der Waals surface area contributed by atoms with Crippen molar-refractivity contribution < 1.29 is 19.4 Å². The predicted molar refractivity (Wildman–Crippen MR) is 89.1 cm³/mol. The van der Waals surface area contributed by atoms with Gasteiger partial charge in [-0.3, -0.25) is 4.79 Å². The molecule has 0 bridgehead atoms. The Hall–Kier alpha value is -2.92. The number of hydrogen-bond acceptors (Lipinski definition) is 4. The van der Waals surface area contributed by atoms with Gasteiger partial charge in [-0.15, -0.1) is 0 Å². The Balaban J connectivity index is 2.07. The molecule has 0 radical (unpaired) electrons. The van der Waals surface area contributed by atoms with E-state index in [4.69, 9.17) is 0 Å². The highest BCUT2D eigenvalue weighted by atomic mass is 16.5. The summed E-state index contributed by atoms with van der Waals surface area (Å²) in [5, 5.41) is 11.0. The van der Waals surface area contributed by atoms with E-state index in [9.17, 15) is 14.7 Å². The van der Waals surface area contributed by atoms with Crippen molar-refractivity contribution in [2.45, 2.75) is 12.1 Å². The van der Waals surface area contributed by atoms with Crippen LogP contribution in [-0.4, -0.2) is 24.1 Å². The molecule has 2 aromatic carbocycles. The lowest BCUT2D eigenvalue weighted by molar-refractivity contribution is -0.144. The van der Waals surface area contributed by atoms with E-state index in [1.54, 1.807) is 24.3 Å². The lowest BCUT2D eigenvalue weighted by Gasteiger charge is -2.24. The first-order valence-electron chi connectivity index (χ1n) is 7.45. The van der Waals surface area contributed by atoms with Gasteiger partial charge in [-0.25, -0.2) is 4.79 Å². The fourth-order valence-corrected chi connectivity index (χ4v) is 2.92. The van der Waals surface area contributed by atoms with Gasteiger partial charge in [-0.05, 0) is 11.6 Å². The number of ether oxygens (including phenoxy) is 1. The Bertz CT molecular complexity index is 815. The van der Waals surface area contributed by atoms with E-state index in [0.29, 0.717) is 11.3 Å². The number of benzene rings is 2. The second kappa shape index (κ2) is 5.94. The number of rotatable bonds is 4. The predicted octanol–water partition coefficient (Wildman–Crippen LogP) is 2.15. The van der Waals surface area contributed by atoms with Crippen LogP contribution in [0.3, 0.4) is 0 Å². The third kappa shape index (κ3) is 2.30. The smallest absolute Gasteiger partial charge is 0.336 e. The van der Waals surface area contributed by atoms with Gasteiger partial charge in [0.05, 0.1) is 24.9 Å². The fourth-order valence-electron chi connectivity index (χ4n) is 2.92. The minimum absolute atomic E-state index is 0.285. The molecule has 1 amide bonds. The molecule has 0 aliphatic carbocycles. The zero-order valence-corrected chi connectivity index (χ0v) is 13.2. The molecule has 0 aromatic heterocycles. The van der Waals surface area contributed by atoms with E-state index < -0.39 is 17.5 Å². The van der Waals surface area contributed by atoms with Crippen LogP contribution in [0, 0.1) is 0 Å². The summed E-state index contributed by atoms with van der Waals surface area (Å²) in [7, 11) is 1.18. The van der Waals surface area contributed by atoms with Crippen LogP contribution < -0.4 is 4.90 Å². The van der Waals surface area contributed by atoms with Crippen LogP contribution in [-0.2, 0) is 26.5 Å². The molecule has 5 heteroatoms. The van der Waals surface area contributed by atoms with E-state index in [1.165, 1.54) is 12.0 Å². The molecular weight excluding hydrogens is 306 g/mol. The Morgan fingerprint density at radius 1 is 1.17 bits per heavy atom. The fraction of sp³-hybridized carbons (Fsp3) is 0.158. The van der Waals surface area contributed by atoms with Gasteiger partial charge in [0.1, 0.15) is 0 Å². The molecule has 0 spiro atoms. The molecule has 1 atom stereocenters. The van der Waals surface area contributed by atoms with Crippen molar-refractivity contribution in [1.82, 2.24) is 0 Å². The number of amides is 1. The van der Waals surface area contributed by atoms with Crippen LogP contribution in [0.15, 0.2) is 66.7 Å². The minimum atomic E-state index is -2.11. The lowest BCUT2D eigenvalue weighted by Crippen LogP contribution is -2.43.